The second kappa shape index (κ2) is 10.5. The van der Waals surface area contributed by atoms with Gasteiger partial charge >= 0.3 is 6.18 Å². The number of aryl methyl sites for hydroxylation is 2. The van der Waals surface area contributed by atoms with Crippen molar-refractivity contribution in [3.63, 3.8) is 0 Å². The third-order valence-corrected chi connectivity index (χ3v) is 6.91. The molecule has 0 radical (unpaired) electrons. The fraction of sp³-hybridized carbons (Fsp3) is 0.280. The average molecular weight is 591 g/mol. The molecule has 214 valence electrons. The molecule has 1 amide bonds. The van der Waals surface area contributed by atoms with Gasteiger partial charge in [-0.15, -0.1) is 0 Å². The van der Waals surface area contributed by atoms with E-state index in [0.29, 0.717) is 23.8 Å². The lowest BCUT2D eigenvalue weighted by molar-refractivity contribution is -0.529. The molecule has 16 heteroatoms. The Morgan fingerprint density at radius 3 is 2.68 bits per heavy atom. The van der Waals surface area contributed by atoms with Crippen LogP contribution in [0.5, 0.6) is 5.75 Å². The fourth-order valence-electron chi connectivity index (χ4n) is 4.11. The Kier molecular flexibility index (Phi) is 7.17. The molecule has 12 nitrogen and oxygen atoms in total. The van der Waals surface area contributed by atoms with Crippen LogP contribution in [-0.2, 0) is 25.1 Å². The number of nitrogens with one attached hydrogen (secondary N) is 2. The highest BCUT2D eigenvalue weighted by atomic mass is 35.5. The number of halogens is 4. The summed E-state index contributed by atoms with van der Waals surface area (Å²) in [5.41, 5.74) is -1.18. The maximum absolute atomic E-state index is 13.3. The predicted molar refractivity (Wildman–Crippen MR) is 144 cm³/mol. The molecule has 0 aromatic carbocycles. The molecule has 4 N–H and O–H groups in total. The van der Waals surface area contributed by atoms with Crippen LogP contribution < -0.4 is 20.9 Å². The van der Waals surface area contributed by atoms with Gasteiger partial charge in [-0.1, -0.05) is 11.6 Å². The monoisotopic (exact) mass is 590 g/mol. The maximum Gasteiger partial charge on any atom is 0.417 e. The molecule has 4 heterocycles. The van der Waals surface area contributed by atoms with Crippen LogP contribution in [-0.4, -0.2) is 49.4 Å². The van der Waals surface area contributed by atoms with Gasteiger partial charge in [0.15, 0.2) is 22.9 Å². The summed E-state index contributed by atoms with van der Waals surface area (Å²) in [6.07, 6.45) is 3.16. The van der Waals surface area contributed by atoms with Crippen molar-refractivity contribution in [1.29, 1.82) is 5.41 Å². The molecular weight excluding hydrogens is 567 g/mol. The molecule has 2 aliphatic rings. The zero-order valence-corrected chi connectivity index (χ0v) is 22.7. The molecule has 5 rings (SSSR count). The van der Waals surface area contributed by atoms with E-state index in [1.165, 1.54) is 36.0 Å². The van der Waals surface area contributed by atoms with Gasteiger partial charge in [0, 0.05) is 33.3 Å². The van der Waals surface area contributed by atoms with Crippen molar-refractivity contribution >= 4 is 52.7 Å². The zero-order valence-electron chi connectivity index (χ0n) is 22.0. The summed E-state index contributed by atoms with van der Waals surface area (Å²) in [7, 11) is 4.41. The topological polar surface area (TPSA) is 147 Å². The predicted octanol–water partition coefficient (Wildman–Crippen LogP) is 2.64. The number of quaternary nitrogens is 1. The molecular formula is C25H24ClF3N9O3+. The minimum absolute atomic E-state index is 0.00220. The smallest absolute Gasteiger partial charge is 0.417 e. The number of aromatic nitrogens is 4. The summed E-state index contributed by atoms with van der Waals surface area (Å²) < 4.78 is 48.0. The lowest BCUT2D eigenvalue weighted by Crippen LogP contribution is -2.78. The van der Waals surface area contributed by atoms with Gasteiger partial charge in [0.2, 0.25) is 17.6 Å². The third kappa shape index (κ3) is 5.45. The summed E-state index contributed by atoms with van der Waals surface area (Å²) >= 11 is 6.61. The fourth-order valence-corrected chi connectivity index (χ4v) is 4.41. The highest BCUT2D eigenvalue weighted by Gasteiger charge is 2.34. The largest absolute Gasteiger partial charge is 0.446 e. The molecule has 3 aromatic rings. The summed E-state index contributed by atoms with van der Waals surface area (Å²) in [6.45, 7) is 0. The number of pyridine rings is 2. The normalized spacial score (nSPS) is 16.4. The number of amides is 1. The summed E-state index contributed by atoms with van der Waals surface area (Å²) in [5, 5.41) is 12.2. The molecule has 0 saturated heterocycles. The van der Waals surface area contributed by atoms with Crippen LogP contribution in [0.15, 0.2) is 51.7 Å². The number of aliphatic imine (C=N–C) groups is 1. The minimum atomic E-state index is -4.66. The first-order valence-corrected chi connectivity index (χ1v) is 12.6. The van der Waals surface area contributed by atoms with Gasteiger partial charge in [0.25, 0.3) is 5.56 Å². The Morgan fingerprint density at radius 1 is 1.34 bits per heavy atom. The highest BCUT2D eigenvalue weighted by Crippen LogP contribution is 2.35. The van der Waals surface area contributed by atoms with Crippen LogP contribution in [0.1, 0.15) is 18.4 Å². The van der Waals surface area contributed by atoms with Crippen molar-refractivity contribution in [3.05, 3.63) is 62.9 Å². The molecule has 1 saturated carbocycles. The molecule has 0 atom stereocenters. The number of imidazole rings is 1. The minimum Gasteiger partial charge on any atom is -0.446 e. The van der Waals surface area contributed by atoms with E-state index < -0.39 is 17.3 Å². The number of ether oxygens (including phenoxy) is 1. The van der Waals surface area contributed by atoms with Crippen LogP contribution in [0.3, 0.4) is 0 Å². The number of hydrogen-bond acceptors (Lipinski definition) is 8. The number of nitrogens with zero attached hydrogens (tertiary/aromatic N) is 6. The zero-order chi connectivity index (χ0) is 29.6. The van der Waals surface area contributed by atoms with E-state index in [-0.39, 0.29) is 51.2 Å². The van der Waals surface area contributed by atoms with Crippen LogP contribution >= 0.6 is 11.6 Å². The number of allylic oxidation sites excluding steroid dienone is 2. The molecule has 1 fully saturated rings. The number of fused-ring (bicyclic) bond motifs is 1. The molecule has 1 aliphatic carbocycles. The number of rotatable bonds is 7. The van der Waals surface area contributed by atoms with E-state index >= 15 is 0 Å². The molecule has 0 spiro atoms. The molecule has 0 unspecified atom stereocenters. The lowest BCUT2D eigenvalue weighted by Gasteiger charge is -2.18. The Hall–Kier alpha value is -4.50. The van der Waals surface area contributed by atoms with Gasteiger partial charge in [-0.25, -0.2) is 9.98 Å². The SMILES string of the molecule is CN(C(=O)C1CC1)C1=C[NH2+]/C(=C(\C=N)Oc2cnc3nc(Nc4cc(C(F)(F)F)cn(C)c4=O)n(C)c3c2Cl)C=N1. The summed E-state index contributed by atoms with van der Waals surface area (Å²) in [4.78, 5) is 39.1. The highest BCUT2D eigenvalue weighted by molar-refractivity contribution is 6.36. The summed E-state index contributed by atoms with van der Waals surface area (Å²) in [6, 6.07) is 0.704. The second-order valence-electron chi connectivity index (χ2n) is 9.47. The lowest BCUT2D eigenvalue weighted by atomic mass is 10.2. The number of hydrogen-bond donors (Lipinski definition) is 3. The number of nitrogens with two attached hydrogens (primary N) is 1. The van der Waals surface area contributed by atoms with E-state index in [1.807, 2.05) is 0 Å². The first-order valence-electron chi connectivity index (χ1n) is 12.2. The van der Waals surface area contributed by atoms with Crippen molar-refractivity contribution in [1.82, 2.24) is 24.0 Å². The van der Waals surface area contributed by atoms with Crippen LogP contribution in [0.2, 0.25) is 5.02 Å². The molecule has 3 aromatic heterocycles. The van der Waals surface area contributed by atoms with Gasteiger partial charge < -0.3 is 24.6 Å². The van der Waals surface area contributed by atoms with Crippen molar-refractivity contribution in [2.24, 2.45) is 25.0 Å². The Balaban J connectivity index is 1.41. The van der Waals surface area contributed by atoms with E-state index in [9.17, 15) is 22.8 Å². The van der Waals surface area contributed by atoms with Crippen LogP contribution in [0.25, 0.3) is 11.2 Å². The van der Waals surface area contributed by atoms with Gasteiger partial charge in [0.1, 0.15) is 22.4 Å². The van der Waals surface area contributed by atoms with E-state index in [1.54, 1.807) is 18.6 Å². The Bertz CT molecular complexity index is 1740. The first kappa shape index (κ1) is 28.0. The number of alkyl halides is 3. The average Bonchev–Trinajstić information content (AvgIpc) is 3.74. The maximum atomic E-state index is 13.3. The van der Waals surface area contributed by atoms with E-state index in [4.69, 9.17) is 21.7 Å². The Labute approximate surface area is 235 Å². The second-order valence-corrected chi connectivity index (χ2v) is 9.85. The van der Waals surface area contributed by atoms with E-state index in [0.717, 1.165) is 23.6 Å². The standard InChI is InChI=1S/C25H23ClF3N9O3/c1-36-11-13(25(27,28)29)6-14(23(36)40)34-24-35-21-20(38(24)3)19(26)17(9-33-21)41-16(7-30)15-8-32-18(10-31-15)37(2)22(39)12-4-5-12/h6-12,30-31H,4-5H2,1-3H3,(H,33,34,35)/p+1/b16-15+,30-7?. The van der Waals surface area contributed by atoms with Crippen molar-refractivity contribution < 1.29 is 28.0 Å². The number of carbonyl (C=O) groups is 1. The van der Waals surface area contributed by atoms with Crippen molar-refractivity contribution in [2.75, 3.05) is 12.4 Å². The van der Waals surface area contributed by atoms with Gasteiger partial charge in [-0.3, -0.25) is 19.8 Å². The van der Waals surface area contributed by atoms with Gasteiger partial charge in [-0.05, 0) is 18.9 Å². The quantitative estimate of drug-likeness (QED) is 0.285. The van der Waals surface area contributed by atoms with Gasteiger partial charge in [-0.2, -0.15) is 18.2 Å². The number of anilines is 2. The van der Waals surface area contributed by atoms with Crippen molar-refractivity contribution in [2.45, 2.75) is 19.0 Å². The number of carbonyl (C=O) groups excluding carboxylic acids is 1. The molecule has 0 bridgehead atoms. The van der Waals surface area contributed by atoms with Crippen LogP contribution in [0, 0.1) is 11.3 Å². The van der Waals surface area contributed by atoms with Gasteiger partial charge in [0.05, 0.1) is 24.2 Å². The third-order valence-electron chi connectivity index (χ3n) is 6.55. The molecule has 1 aliphatic heterocycles. The first-order chi connectivity index (χ1) is 19.4. The summed E-state index contributed by atoms with van der Waals surface area (Å²) in [5.74, 6) is 0.688. The molecule has 41 heavy (non-hydrogen) atoms. The Morgan fingerprint density at radius 2 is 2.07 bits per heavy atom. The van der Waals surface area contributed by atoms with E-state index in [2.05, 4.69) is 20.3 Å². The van der Waals surface area contributed by atoms with Crippen LogP contribution in [0.4, 0.5) is 24.8 Å². The van der Waals surface area contributed by atoms with Crippen molar-refractivity contribution in [3.8, 4) is 5.75 Å².